The van der Waals surface area contributed by atoms with Gasteiger partial charge in [0.15, 0.2) is 0 Å². The van der Waals surface area contributed by atoms with Crippen LogP contribution in [-0.2, 0) is 4.79 Å². The third-order valence-electron chi connectivity index (χ3n) is 1.94. The van der Waals surface area contributed by atoms with Crippen molar-refractivity contribution in [1.29, 1.82) is 0 Å². The monoisotopic (exact) mass is 219 g/mol. The van der Waals surface area contributed by atoms with E-state index in [-0.39, 0.29) is 11.3 Å². The summed E-state index contributed by atoms with van der Waals surface area (Å²) in [6, 6.07) is 0. The molecular weight excluding hydrogens is 198 g/mol. The zero-order chi connectivity index (χ0) is 11.2. The summed E-state index contributed by atoms with van der Waals surface area (Å²) in [5.41, 5.74) is 0.0693. The maximum Gasteiger partial charge on any atom is 0.220 e. The number of rotatable bonds is 5. The number of hydrogen-bond acceptors (Lipinski definition) is 1. The van der Waals surface area contributed by atoms with Crippen LogP contribution in [0.2, 0.25) is 0 Å². The van der Waals surface area contributed by atoms with E-state index in [9.17, 15) is 4.79 Å². The predicted molar refractivity (Wildman–Crippen MR) is 61.6 cm³/mol. The third-order valence-corrected chi connectivity index (χ3v) is 2.16. The van der Waals surface area contributed by atoms with Gasteiger partial charge in [-0.05, 0) is 17.8 Å². The molecule has 2 nitrogen and oxygen atoms in total. The molecule has 0 bridgehead atoms. The van der Waals surface area contributed by atoms with Gasteiger partial charge in [0.2, 0.25) is 5.91 Å². The maximum absolute atomic E-state index is 11.4. The molecule has 0 aromatic carbocycles. The molecule has 1 atom stereocenters. The van der Waals surface area contributed by atoms with E-state index in [0.717, 1.165) is 13.0 Å². The summed E-state index contributed by atoms with van der Waals surface area (Å²) in [6.07, 6.45) is 1.54. The van der Waals surface area contributed by atoms with Gasteiger partial charge >= 0.3 is 0 Å². The van der Waals surface area contributed by atoms with Gasteiger partial charge in [-0.25, -0.2) is 0 Å². The molecule has 0 aliphatic heterocycles. The highest BCUT2D eigenvalue weighted by Gasteiger charge is 2.15. The van der Waals surface area contributed by atoms with Gasteiger partial charge in [-0.1, -0.05) is 27.7 Å². The van der Waals surface area contributed by atoms with Crippen LogP contribution < -0.4 is 5.32 Å². The lowest BCUT2D eigenvalue weighted by molar-refractivity contribution is -0.122. The first-order chi connectivity index (χ1) is 6.35. The van der Waals surface area contributed by atoms with Crippen LogP contribution in [0.3, 0.4) is 0 Å². The Hall–Kier alpha value is -0.240. The minimum absolute atomic E-state index is 0.0693. The predicted octanol–water partition coefficient (Wildman–Crippen LogP) is 2.80. The van der Waals surface area contributed by atoms with Gasteiger partial charge in [-0.15, -0.1) is 11.6 Å². The summed E-state index contributed by atoms with van der Waals surface area (Å²) in [6.45, 7) is 9.03. The molecule has 0 aromatic heterocycles. The first-order valence-electron chi connectivity index (χ1n) is 5.18. The molecule has 0 saturated carbocycles. The van der Waals surface area contributed by atoms with Crippen LogP contribution >= 0.6 is 11.6 Å². The van der Waals surface area contributed by atoms with E-state index < -0.39 is 0 Å². The quantitative estimate of drug-likeness (QED) is 0.708. The van der Waals surface area contributed by atoms with Gasteiger partial charge < -0.3 is 5.32 Å². The van der Waals surface area contributed by atoms with Crippen molar-refractivity contribution in [2.75, 3.05) is 12.4 Å². The summed E-state index contributed by atoms with van der Waals surface area (Å²) in [7, 11) is 0. The number of carbonyl (C=O) groups is 1. The van der Waals surface area contributed by atoms with E-state index >= 15 is 0 Å². The van der Waals surface area contributed by atoms with Crippen molar-refractivity contribution in [1.82, 2.24) is 5.32 Å². The van der Waals surface area contributed by atoms with Gasteiger partial charge in [0, 0.05) is 18.8 Å². The third kappa shape index (κ3) is 8.36. The molecule has 14 heavy (non-hydrogen) atoms. The molecule has 0 aromatic rings. The number of alkyl halides is 1. The van der Waals surface area contributed by atoms with E-state index in [0.29, 0.717) is 18.2 Å². The Labute approximate surface area is 92.4 Å². The summed E-state index contributed by atoms with van der Waals surface area (Å²) in [4.78, 5) is 11.4. The summed E-state index contributed by atoms with van der Waals surface area (Å²) >= 11 is 5.61. The maximum atomic E-state index is 11.4. The Kier molecular flexibility index (Phi) is 6.17. The number of amides is 1. The van der Waals surface area contributed by atoms with Crippen LogP contribution in [0.4, 0.5) is 0 Å². The molecular formula is C11H22ClNO. The molecule has 0 aliphatic rings. The fraction of sp³-hybridized carbons (Fsp3) is 0.909. The number of halogens is 1. The SMILES string of the molecule is CC(CCCl)CNC(=O)CC(C)(C)C. The normalized spacial score (nSPS) is 13.8. The van der Waals surface area contributed by atoms with Crippen LogP contribution in [0.1, 0.15) is 40.5 Å². The molecule has 1 unspecified atom stereocenters. The van der Waals surface area contributed by atoms with Crippen molar-refractivity contribution < 1.29 is 4.79 Å². The van der Waals surface area contributed by atoms with E-state index in [2.05, 4.69) is 33.0 Å². The van der Waals surface area contributed by atoms with Crippen molar-refractivity contribution in [2.24, 2.45) is 11.3 Å². The molecule has 1 N–H and O–H groups in total. The summed E-state index contributed by atoms with van der Waals surface area (Å²) < 4.78 is 0. The van der Waals surface area contributed by atoms with Gasteiger partial charge in [0.25, 0.3) is 0 Å². The average Bonchev–Trinajstić information content (AvgIpc) is 1.98. The molecule has 0 spiro atoms. The zero-order valence-electron chi connectivity index (χ0n) is 9.69. The van der Waals surface area contributed by atoms with E-state index in [1.165, 1.54) is 0 Å². The lowest BCUT2D eigenvalue weighted by Crippen LogP contribution is -2.31. The standard InChI is InChI=1S/C11H22ClNO/c1-9(5-6-12)8-13-10(14)7-11(2,3)4/h9H,5-8H2,1-4H3,(H,13,14). The van der Waals surface area contributed by atoms with Gasteiger partial charge in [-0.2, -0.15) is 0 Å². The summed E-state index contributed by atoms with van der Waals surface area (Å²) in [5.74, 6) is 1.27. The Balaban J connectivity index is 3.64. The molecule has 84 valence electrons. The first kappa shape index (κ1) is 13.8. The minimum atomic E-state index is 0.0693. The number of nitrogens with one attached hydrogen (secondary N) is 1. The highest BCUT2D eigenvalue weighted by molar-refractivity contribution is 6.17. The second kappa shape index (κ2) is 6.28. The van der Waals surface area contributed by atoms with Crippen molar-refractivity contribution >= 4 is 17.5 Å². The van der Waals surface area contributed by atoms with Crippen LogP contribution in [0, 0.1) is 11.3 Å². The fourth-order valence-corrected chi connectivity index (χ4v) is 1.49. The van der Waals surface area contributed by atoms with Crippen molar-refractivity contribution in [3.63, 3.8) is 0 Å². The Bertz CT molecular complexity index is 175. The Morgan fingerprint density at radius 1 is 1.43 bits per heavy atom. The number of carbonyl (C=O) groups excluding carboxylic acids is 1. The smallest absolute Gasteiger partial charge is 0.220 e. The molecule has 0 aliphatic carbocycles. The molecule has 0 radical (unpaired) electrons. The highest BCUT2D eigenvalue weighted by Crippen LogP contribution is 2.17. The van der Waals surface area contributed by atoms with Gasteiger partial charge in [0.05, 0.1) is 0 Å². The fourth-order valence-electron chi connectivity index (χ4n) is 1.12. The Morgan fingerprint density at radius 3 is 2.43 bits per heavy atom. The van der Waals surface area contributed by atoms with E-state index in [1.807, 2.05) is 0 Å². The van der Waals surface area contributed by atoms with Crippen LogP contribution in [0.25, 0.3) is 0 Å². The van der Waals surface area contributed by atoms with Crippen LogP contribution in [0.5, 0.6) is 0 Å². The molecule has 3 heteroatoms. The first-order valence-corrected chi connectivity index (χ1v) is 5.71. The van der Waals surface area contributed by atoms with Crippen molar-refractivity contribution in [3.05, 3.63) is 0 Å². The van der Waals surface area contributed by atoms with Gasteiger partial charge in [-0.3, -0.25) is 4.79 Å². The summed E-state index contributed by atoms with van der Waals surface area (Å²) in [5, 5.41) is 2.93. The molecule has 0 fully saturated rings. The topological polar surface area (TPSA) is 29.1 Å². The molecule has 0 heterocycles. The largest absolute Gasteiger partial charge is 0.356 e. The average molecular weight is 220 g/mol. The second-order valence-corrected chi connectivity index (χ2v) is 5.50. The van der Waals surface area contributed by atoms with Crippen LogP contribution in [0.15, 0.2) is 0 Å². The van der Waals surface area contributed by atoms with Crippen molar-refractivity contribution in [3.8, 4) is 0 Å². The lowest BCUT2D eigenvalue weighted by atomic mass is 9.92. The molecule has 0 rings (SSSR count). The lowest BCUT2D eigenvalue weighted by Gasteiger charge is -2.18. The van der Waals surface area contributed by atoms with Crippen LogP contribution in [-0.4, -0.2) is 18.3 Å². The second-order valence-electron chi connectivity index (χ2n) is 5.12. The minimum Gasteiger partial charge on any atom is -0.356 e. The van der Waals surface area contributed by atoms with E-state index in [1.54, 1.807) is 0 Å². The number of hydrogen-bond donors (Lipinski definition) is 1. The molecule has 0 saturated heterocycles. The molecule has 1 amide bonds. The zero-order valence-corrected chi connectivity index (χ0v) is 10.4. The Morgan fingerprint density at radius 2 is 2.00 bits per heavy atom. The van der Waals surface area contributed by atoms with Gasteiger partial charge in [0.1, 0.15) is 0 Å². The highest BCUT2D eigenvalue weighted by atomic mass is 35.5. The van der Waals surface area contributed by atoms with E-state index in [4.69, 9.17) is 11.6 Å². The van der Waals surface area contributed by atoms with Crippen molar-refractivity contribution in [2.45, 2.75) is 40.5 Å².